The van der Waals surface area contributed by atoms with E-state index >= 15 is 0 Å². The minimum Gasteiger partial charge on any atom is -0.192 e. The van der Waals surface area contributed by atoms with E-state index in [1.165, 1.54) is 9.40 Å². The van der Waals surface area contributed by atoms with Gasteiger partial charge in [-0.15, -0.1) is 22.7 Å². The van der Waals surface area contributed by atoms with Crippen LogP contribution in [0.1, 0.15) is 20.9 Å². The van der Waals surface area contributed by atoms with Gasteiger partial charge in [0.15, 0.2) is 0 Å². The Morgan fingerprint density at radius 3 is 1.44 bits per heavy atom. The Hall–Kier alpha value is -3.96. The molecule has 4 heteroatoms. The molecular formula is C28H16N2S2. The third kappa shape index (κ3) is 3.98. The molecule has 0 saturated carbocycles. The number of thiophene rings is 2. The second-order valence-electron chi connectivity index (χ2n) is 7.30. The van der Waals surface area contributed by atoms with Crippen LogP contribution in [0.5, 0.6) is 0 Å². The van der Waals surface area contributed by atoms with Gasteiger partial charge in [-0.1, -0.05) is 60.7 Å². The lowest BCUT2D eigenvalue weighted by Gasteiger charge is -1.96. The van der Waals surface area contributed by atoms with E-state index in [2.05, 4.69) is 36.4 Å². The van der Waals surface area contributed by atoms with Crippen LogP contribution < -0.4 is 0 Å². The maximum absolute atomic E-state index is 9.60. The van der Waals surface area contributed by atoms with Crippen LogP contribution >= 0.6 is 22.7 Å². The quantitative estimate of drug-likeness (QED) is 0.262. The molecule has 0 amide bonds. The number of rotatable bonds is 4. The van der Waals surface area contributed by atoms with Crippen LogP contribution in [-0.2, 0) is 0 Å². The number of hydrogen-bond acceptors (Lipinski definition) is 4. The van der Waals surface area contributed by atoms with Crippen molar-refractivity contribution in [3.63, 3.8) is 0 Å². The van der Waals surface area contributed by atoms with Gasteiger partial charge in [-0.25, -0.2) is 0 Å². The summed E-state index contributed by atoms with van der Waals surface area (Å²) in [6.07, 6.45) is 3.92. The van der Waals surface area contributed by atoms with E-state index in [4.69, 9.17) is 0 Å². The van der Waals surface area contributed by atoms with E-state index in [9.17, 15) is 10.5 Å². The first-order valence-electron chi connectivity index (χ1n) is 10.0. The van der Waals surface area contributed by atoms with E-state index < -0.39 is 0 Å². The van der Waals surface area contributed by atoms with Gasteiger partial charge in [0, 0.05) is 19.2 Å². The highest BCUT2D eigenvalue weighted by Gasteiger charge is 2.09. The van der Waals surface area contributed by atoms with Crippen molar-refractivity contribution in [2.45, 2.75) is 0 Å². The molecule has 0 aliphatic carbocycles. The molecule has 0 bridgehead atoms. The molecule has 2 aromatic heterocycles. The first-order valence-corrected chi connectivity index (χ1v) is 11.7. The van der Waals surface area contributed by atoms with Gasteiger partial charge in [-0.3, -0.25) is 0 Å². The molecule has 0 aliphatic heterocycles. The fourth-order valence-corrected chi connectivity index (χ4v) is 5.77. The first-order chi connectivity index (χ1) is 15.7. The van der Waals surface area contributed by atoms with Gasteiger partial charge in [-0.2, -0.15) is 10.5 Å². The molecule has 32 heavy (non-hydrogen) atoms. The van der Waals surface area contributed by atoms with Crippen molar-refractivity contribution < 1.29 is 0 Å². The molecule has 0 radical (unpaired) electrons. The molecule has 0 atom stereocenters. The minimum atomic E-state index is 0.663. The van der Waals surface area contributed by atoms with Gasteiger partial charge in [0.25, 0.3) is 0 Å². The van der Waals surface area contributed by atoms with Crippen LogP contribution in [0.25, 0.3) is 43.5 Å². The second kappa shape index (κ2) is 8.65. The van der Waals surface area contributed by atoms with Crippen LogP contribution in [0.4, 0.5) is 0 Å². The number of fused-ring (bicyclic) bond motifs is 2. The van der Waals surface area contributed by atoms with E-state index in [-0.39, 0.29) is 0 Å². The lowest BCUT2D eigenvalue weighted by Crippen LogP contribution is -1.79. The van der Waals surface area contributed by atoms with Gasteiger partial charge in [0.05, 0.1) is 23.3 Å². The molecule has 5 rings (SSSR count). The van der Waals surface area contributed by atoms with Crippen LogP contribution in [0.15, 0.2) is 84.9 Å². The molecule has 2 heterocycles. The fourth-order valence-electron chi connectivity index (χ4n) is 3.64. The number of hydrogen-bond donors (Lipinski definition) is 0. The summed E-state index contributed by atoms with van der Waals surface area (Å²) in [5.41, 5.74) is 3.18. The molecular weight excluding hydrogens is 428 g/mol. The van der Waals surface area contributed by atoms with Crippen LogP contribution in [0, 0.1) is 22.7 Å². The molecule has 0 spiro atoms. The summed E-state index contributed by atoms with van der Waals surface area (Å²) in [6.45, 7) is 0. The van der Waals surface area contributed by atoms with Crippen molar-refractivity contribution in [3.8, 4) is 12.1 Å². The summed E-state index contributed by atoms with van der Waals surface area (Å²) in [7, 11) is 0. The molecule has 0 fully saturated rings. The van der Waals surface area contributed by atoms with Gasteiger partial charge in [0.1, 0.15) is 0 Å². The highest BCUT2D eigenvalue weighted by molar-refractivity contribution is 7.22. The van der Waals surface area contributed by atoms with E-state index in [0.29, 0.717) is 11.1 Å². The van der Waals surface area contributed by atoms with Crippen molar-refractivity contribution in [2.75, 3.05) is 0 Å². The first kappa shape index (κ1) is 20.0. The van der Waals surface area contributed by atoms with Gasteiger partial charge >= 0.3 is 0 Å². The molecule has 3 aromatic carbocycles. The smallest absolute Gasteiger partial charge is 0.0998 e. The molecule has 0 saturated heterocycles. The summed E-state index contributed by atoms with van der Waals surface area (Å²) in [4.78, 5) is 2.13. The maximum atomic E-state index is 9.60. The molecule has 5 aromatic rings. The van der Waals surface area contributed by atoms with Gasteiger partial charge in [-0.05, 0) is 58.3 Å². The predicted octanol–water partition coefficient (Wildman–Crippen LogP) is 8.24. The van der Waals surface area contributed by atoms with Crippen molar-refractivity contribution in [1.29, 1.82) is 10.5 Å². The Kier molecular flexibility index (Phi) is 5.40. The van der Waals surface area contributed by atoms with E-state index in [1.54, 1.807) is 22.7 Å². The Morgan fingerprint density at radius 2 is 1.03 bits per heavy atom. The van der Waals surface area contributed by atoms with Crippen molar-refractivity contribution in [3.05, 3.63) is 106 Å². The fraction of sp³-hybridized carbons (Fsp3) is 0. The lowest BCUT2D eigenvalue weighted by molar-refractivity contribution is 1.52. The highest BCUT2D eigenvalue weighted by Crippen LogP contribution is 2.36. The Bertz CT molecular complexity index is 1400. The zero-order valence-electron chi connectivity index (χ0n) is 16.9. The molecule has 0 N–H and O–H groups in total. The Balaban J connectivity index is 1.52. The third-order valence-electron chi connectivity index (χ3n) is 5.18. The minimum absolute atomic E-state index is 0.663. The summed E-state index contributed by atoms with van der Waals surface area (Å²) < 4.78 is 2.38. The van der Waals surface area contributed by atoms with Crippen LogP contribution in [0.2, 0.25) is 0 Å². The number of allylic oxidation sites excluding steroid dienone is 2. The summed E-state index contributed by atoms with van der Waals surface area (Å²) >= 11 is 3.37. The monoisotopic (exact) mass is 444 g/mol. The number of benzene rings is 3. The molecule has 0 unspecified atom stereocenters. The zero-order valence-corrected chi connectivity index (χ0v) is 18.6. The third-order valence-corrected chi connectivity index (χ3v) is 7.27. The maximum Gasteiger partial charge on any atom is 0.0998 e. The number of nitriles is 2. The van der Waals surface area contributed by atoms with Gasteiger partial charge < -0.3 is 0 Å². The van der Waals surface area contributed by atoms with Crippen LogP contribution in [0.3, 0.4) is 0 Å². The molecule has 150 valence electrons. The van der Waals surface area contributed by atoms with Crippen molar-refractivity contribution >= 4 is 66.1 Å². The van der Waals surface area contributed by atoms with Gasteiger partial charge in [0.2, 0.25) is 0 Å². The molecule has 2 nitrogen and oxygen atoms in total. The van der Waals surface area contributed by atoms with Crippen molar-refractivity contribution in [2.24, 2.45) is 0 Å². The Morgan fingerprint density at radius 1 is 0.594 bits per heavy atom. The van der Waals surface area contributed by atoms with Crippen molar-refractivity contribution in [1.82, 2.24) is 0 Å². The second-order valence-corrected chi connectivity index (χ2v) is 9.53. The topological polar surface area (TPSA) is 47.6 Å². The Labute approximate surface area is 194 Å². The standard InChI is InChI=1S/C28H16N2S2/c29-17-23(19-7-3-1-4-8-19)14-25-12-21-11-22-13-26(32-28(22)16-27(21)31-25)15-24(18-30)20-9-5-2-6-10-20/h1-16H/b23-14+,24-15+. The van der Waals surface area contributed by atoms with E-state index in [1.807, 2.05) is 72.8 Å². The average Bonchev–Trinajstić information content (AvgIpc) is 3.42. The summed E-state index contributed by atoms with van der Waals surface area (Å²) in [6, 6.07) is 32.8. The average molecular weight is 445 g/mol. The summed E-state index contributed by atoms with van der Waals surface area (Å²) in [5.74, 6) is 0. The van der Waals surface area contributed by atoms with E-state index in [0.717, 1.165) is 31.7 Å². The zero-order chi connectivity index (χ0) is 21.9. The number of nitrogens with zero attached hydrogens (tertiary/aromatic N) is 2. The lowest BCUT2D eigenvalue weighted by atomic mass is 10.1. The SMILES string of the molecule is N#C/C(=C\c1cc2cc3cc(/C=C(\C#N)c4ccccc4)sc3cc2s1)c1ccccc1. The normalized spacial score (nSPS) is 12.1. The largest absolute Gasteiger partial charge is 0.192 e. The predicted molar refractivity (Wildman–Crippen MR) is 137 cm³/mol. The summed E-state index contributed by atoms with van der Waals surface area (Å²) in [5, 5.41) is 21.5. The highest BCUT2D eigenvalue weighted by atomic mass is 32.1. The molecule has 0 aliphatic rings. The van der Waals surface area contributed by atoms with Crippen LogP contribution in [-0.4, -0.2) is 0 Å².